The molecule has 0 spiro atoms. The lowest BCUT2D eigenvalue weighted by atomic mass is 10.1. The Kier molecular flexibility index (Phi) is 3.07. The highest BCUT2D eigenvalue weighted by Crippen LogP contribution is 2.28. The summed E-state index contributed by atoms with van der Waals surface area (Å²) in [6.07, 6.45) is 1.47. The van der Waals surface area contributed by atoms with E-state index in [9.17, 15) is 8.78 Å². The highest BCUT2D eigenvalue weighted by Gasteiger charge is 2.17. The summed E-state index contributed by atoms with van der Waals surface area (Å²) in [4.78, 5) is 0. The minimum Gasteiger partial charge on any atom is -0.466 e. The van der Waals surface area contributed by atoms with Gasteiger partial charge in [-0.1, -0.05) is 6.07 Å². The van der Waals surface area contributed by atoms with Crippen molar-refractivity contribution in [2.75, 3.05) is 0 Å². The Labute approximate surface area is 99.2 Å². The number of nitrogens with two attached hydrogens (primary N) is 1. The first kappa shape index (κ1) is 11.3. The monoisotopic (exact) mass is 287 g/mol. The van der Waals surface area contributed by atoms with Crippen LogP contribution in [0.25, 0.3) is 0 Å². The number of hydrogen-bond acceptors (Lipinski definition) is 2. The standard InChI is InChI=1S/C11H8BrF2NO/c12-7-3-4-16-11(7)10(15)6-1-2-8(13)9(14)5-6/h1-5,10H,15H2. The van der Waals surface area contributed by atoms with Gasteiger partial charge in [-0.05, 0) is 39.7 Å². The van der Waals surface area contributed by atoms with Gasteiger partial charge in [0.15, 0.2) is 11.6 Å². The van der Waals surface area contributed by atoms with Gasteiger partial charge < -0.3 is 10.2 Å². The molecule has 2 nitrogen and oxygen atoms in total. The van der Waals surface area contributed by atoms with E-state index in [1.165, 1.54) is 12.3 Å². The molecule has 1 aromatic heterocycles. The molecule has 0 saturated heterocycles. The van der Waals surface area contributed by atoms with Crippen LogP contribution >= 0.6 is 15.9 Å². The molecule has 0 radical (unpaired) electrons. The van der Waals surface area contributed by atoms with Crippen molar-refractivity contribution in [3.05, 3.63) is 58.0 Å². The van der Waals surface area contributed by atoms with E-state index in [4.69, 9.17) is 10.2 Å². The molecule has 0 saturated carbocycles. The van der Waals surface area contributed by atoms with Crippen LogP contribution in [0.15, 0.2) is 39.4 Å². The van der Waals surface area contributed by atoms with Gasteiger partial charge in [-0.25, -0.2) is 8.78 Å². The second-order valence-corrected chi connectivity index (χ2v) is 4.14. The second kappa shape index (κ2) is 4.35. The lowest BCUT2D eigenvalue weighted by molar-refractivity contribution is 0.481. The van der Waals surface area contributed by atoms with Gasteiger partial charge in [0, 0.05) is 0 Å². The largest absolute Gasteiger partial charge is 0.466 e. The molecule has 1 unspecified atom stereocenters. The summed E-state index contributed by atoms with van der Waals surface area (Å²) in [6.45, 7) is 0. The number of rotatable bonds is 2. The van der Waals surface area contributed by atoms with Gasteiger partial charge in [0.25, 0.3) is 0 Å². The van der Waals surface area contributed by atoms with E-state index in [0.717, 1.165) is 12.1 Å². The van der Waals surface area contributed by atoms with Crippen LogP contribution in [-0.2, 0) is 0 Å². The molecule has 1 atom stereocenters. The third-order valence-electron chi connectivity index (χ3n) is 2.23. The summed E-state index contributed by atoms with van der Waals surface area (Å²) in [6, 6.07) is 4.60. The van der Waals surface area contributed by atoms with Crippen LogP contribution in [0.4, 0.5) is 8.78 Å². The van der Waals surface area contributed by atoms with E-state index in [0.29, 0.717) is 15.8 Å². The molecule has 0 aliphatic carbocycles. The number of halogens is 3. The molecule has 2 N–H and O–H groups in total. The smallest absolute Gasteiger partial charge is 0.159 e. The maximum atomic E-state index is 13.0. The van der Waals surface area contributed by atoms with Gasteiger partial charge in [0.05, 0.1) is 16.8 Å². The van der Waals surface area contributed by atoms with Crippen LogP contribution in [0.3, 0.4) is 0 Å². The average Bonchev–Trinajstić information content (AvgIpc) is 2.67. The van der Waals surface area contributed by atoms with Gasteiger partial charge >= 0.3 is 0 Å². The molecule has 0 amide bonds. The minimum atomic E-state index is -0.921. The summed E-state index contributed by atoms with van der Waals surface area (Å²) < 4.78 is 31.6. The van der Waals surface area contributed by atoms with Crippen molar-refractivity contribution in [2.24, 2.45) is 5.73 Å². The molecular weight excluding hydrogens is 280 g/mol. The third kappa shape index (κ3) is 2.01. The fraction of sp³-hybridized carbons (Fsp3) is 0.0909. The normalized spacial score (nSPS) is 12.8. The highest BCUT2D eigenvalue weighted by atomic mass is 79.9. The Hall–Kier alpha value is -1.20. The fourth-order valence-electron chi connectivity index (χ4n) is 1.38. The Morgan fingerprint density at radius 1 is 1.19 bits per heavy atom. The van der Waals surface area contributed by atoms with Crippen LogP contribution in [0.5, 0.6) is 0 Å². The Balaban J connectivity index is 2.38. The Morgan fingerprint density at radius 3 is 2.50 bits per heavy atom. The summed E-state index contributed by atoms with van der Waals surface area (Å²) in [7, 11) is 0. The van der Waals surface area contributed by atoms with Crippen LogP contribution in [0.2, 0.25) is 0 Å². The summed E-state index contributed by atoms with van der Waals surface area (Å²) in [5.74, 6) is -1.34. The van der Waals surface area contributed by atoms with Gasteiger partial charge in [-0.15, -0.1) is 0 Å². The Bertz CT molecular complexity index is 512. The maximum Gasteiger partial charge on any atom is 0.159 e. The zero-order valence-electron chi connectivity index (χ0n) is 8.08. The molecule has 84 valence electrons. The zero-order valence-corrected chi connectivity index (χ0v) is 9.67. The van der Waals surface area contributed by atoms with Crippen LogP contribution in [0.1, 0.15) is 17.4 Å². The fourth-order valence-corrected chi connectivity index (χ4v) is 1.83. The van der Waals surface area contributed by atoms with Crippen LogP contribution in [-0.4, -0.2) is 0 Å². The first-order valence-corrected chi connectivity index (χ1v) is 5.32. The molecule has 5 heteroatoms. The number of hydrogen-bond donors (Lipinski definition) is 1. The van der Waals surface area contributed by atoms with Crippen molar-refractivity contribution in [1.82, 2.24) is 0 Å². The molecule has 0 fully saturated rings. The lowest BCUT2D eigenvalue weighted by Crippen LogP contribution is -2.12. The molecule has 16 heavy (non-hydrogen) atoms. The highest BCUT2D eigenvalue weighted by molar-refractivity contribution is 9.10. The molecular formula is C11H8BrF2NO. The predicted molar refractivity (Wildman–Crippen MR) is 58.8 cm³/mol. The number of furan rings is 1. The van der Waals surface area contributed by atoms with Crippen LogP contribution < -0.4 is 5.73 Å². The van der Waals surface area contributed by atoms with E-state index < -0.39 is 17.7 Å². The van der Waals surface area contributed by atoms with Crippen molar-refractivity contribution in [3.63, 3.8) is 0 Å². The first-order valence-electron chi connectivity index (χ1n) is 4.53. The Morgan fingerprint density at radius 2 is 1.94 bits per heavy atom. The molecule has 0 aliphatic heterocycles. The first-order chi connectivity index (χ1) is 7.59. The van der Waals surface area contributed by atoms with Crippen molar-refractivity contribution >= 4 is 15.9 Å². The van der Waals surface area contributed by atoms with E-state index >= 15 is 0 Å². The van der Waals surface area contributed by atoms with Crippen molar-refractivity contribution < 1.29 is 13.2 Å². The molecule has 2 rings (SSSR count). The van der Waals surface area contributed by atoms with Crippen LogP contribution in [0, 0.1) is 11.6 Å². The molecule has 1 aromatic carbocycles. The minimum absolute atomic E-state index is 0.453. The van der Waals surface area contributed by atoms with E-state index in [1.54, 1.807) is 6.07 Å². The third-order valence-corrected chi connectivity index (χ3v) is 2.89. The van der Waals surface area contributed by atoms with Gasteiger partial charge in [-0.3, -0.25) is 0 Å². The number of benzene rings is 1. The van der Waals surface area contributed by atoms with Gasteiger partial charge in [0.2, 0.25) is 0 Å². The molecule has 0 bridgehead atoms. The lowest BCUT2D eigenvalue weighted by Gasteiger charge is -2.10. The molecule has 2 aromatic rings. The van der Waals surface area contributed by atoms with E-state index in [1.807, 2.05) is 0 Å². The van der Waals surface area contributed by atoms with Gasteiger partial charge in [-0.2, -0.15) is 0 Å². The van der Waals surface area contributed by atoms with E-state index in [2.05, 4.69) is 15.9 Å². The second-order valence-electron chi connectivity index (χ2n) is 3.28. The average molecular weight is 288 g/mol. The quantitative estimate of drug-likeness (QED) is 0.920. The summed E-state index contributed by atoms with van der Waals surface area (Å²) in [5, 5.41) is 0. The topological polar surface area (TPSA) is 39.2 Å². The zero-order chi connectivity index (χ0) is 11.7. The summed E-state index contributed by atoms with van der Waals surface area (Å²) >= 11 is 3.26. The van der Waals surface area contributed by atoms with Crippen molar-refractivity contribution in [1.29, 1.82) is 0 Å². The summed E-state index contributed by atoms with van der Waals surface area (Å²) in [5.41, 5.74) is 6.32. The van der Waals surface area contributed by atoms with Gasteiger partial charge in [0.1, 0.15) is 5.76 Å². The van der Waals surface area contributed by atoms with Crippen molar-refractivity contribution in [3.8, 4) is 0 Å². The van der Waals surface area contributed by atoms with E-state index in [-0.39, 0.29) is 0 Å². The van der Waals surface area contributed by atoms with Crippen molar-refractivity contribution in [2.45, 2.75) is 6.04 Å². The molecule has 1 heterocycles. The SMILES string of the molecule is NC(c1ccc(F)c(F)c1)c1occc1Br. The maximum absolute atomic E-state index is 13.0. The molecule has 0 aliphatic rings. The predicted octanol–water partition coefficient (Wildman–Crippen LogP) is 3.37.